The van der Waals surface area contributed by atoms with Gasteiger partial charge in [0.15, 0.2) is 0 Å². The topological polar surface area (TPSA) is 12.9 Å². The van der Waals surface area contributed by atoms with Gasteiger partial charge in [-0.1, -0.05) is 91.8 Å². The average Bonchev–Trinajstić information content (AvgIpc) is 3.25. The molecule has 226 valence electrons. The number of hydrogen-bond donors (Lipinski definition) is 0. The summed E-state index contributed by atoms with van der Waals surface area (Å²) >= 11 is 1.46. The molecule has 0 unspecified atom stereocenters. The maximum atomic E-state index is 14.7. The number of aryl methyl sites for hydroxylation is 2. The normalized spacial score (nSPS) is 13.1. The Hall–Kier alpha value is -3.18. The van der Waals surface area contributed by atoms with Gasteiger partial charge >= 0.3 is 6.18 Å². The highest BCUT2D eigenvalue weighted by atomic mass is 32.1. The van der Waals surface area contributed by atoms with Crippen LogP contribution in [0.25, 0.3) is 42.6 Å². The van der Waals surface area contributed by atoms with Crippen molar-refractivity contribution in [2.24, 2.45) is 5.41 Å². The van der Waals surface area contributed by atoms with Gasteiger partial charge < -0.3 is 0 Å². The molecule has 0 atom stereocenters. The summed E-state index contributed by atoms with van der Waals surface area (Å²) in [6.45, 7) is 21.3. The largest absolute Gasteiger partial charge is 0.418 e. The molecule has 1 nitrogen and oxygen atoms in total. The first-order valence-corrected chi connectivity index (χ1v) is 15.8. The van der Waals surface area contributed by atoms with Crippen LogP contribution in [-0.4, -0.2) is 4.98 Å². The van der Waals surface area contributed by atoms with Gasteiger partial charge in [0.1, 0.15) is 0 Å². The first-order valence-electron chi connectivity index (χ1n) is 15.0. The van der Waals surface area contributed by atoms with Crippen molar-refractivity contribution in [2.45, 2.75) is 93.2 Å². The molecule has 0 fully saturated rings. The number of benzene rings is 3. The Morgan fingerprint density at radius 1 is 0.837 bits per heavy atom. The van der Waals surface area contributed by atoms with Crippen molar-refractivity contribution in [3.05, 3.63) is 88.1 Å². The molecule has 3 aromatic carbocycles. The maximum Gasteiger partial charge on any atom is 0.418 e. The lowest BCUT2D eigenvalue weighted by atomic mass is 9.82. The van der Waals surface area contributed by atoms with Gasteiger partial charge in [-0.3, -0.25) is 4.98 Å². The Labute approximate surface area is 258 Å². The number of alkyl halides is 3. The second kappa shape index (κ2) is 10.8. The summed E-state index contributed by atoms with van der Waals surface area (Å²) in [6, 6.07) is 16.9. The highest BCUT2D eigenvalue weighted by Gasteiger charge is 2.37. The Morgan fingerprint density at radius 2 is 1.47 bits per heavy atom. The van der Waals surface area contributed by atoms with Gasteiger partial charge in [-0.25, -0.2) is 0 Å². The SMILES string of the molecule is Cc1cc(CC(C)(C)C)cc(C)c1-c1sc2c(-c3cc(C(C)(C)C)c4ccccc4c3)ncc(C(F)(F)F)c2c1C(C)C. The monoisotopic (exact) mass is 601 g/mol. The number of hydrogen-bond acceptors (Lipinski definition) is 2. The molecule has 0 spiro atoms. The van der Waals surface area contributed by atoms with E-state index in [2.05, 4.69) is 96.8 Å². The van der Waals surface area contributed by atoms with E-state index in [4.69, 9.17) is 0 Å². The second-order valence-electron chi connectivity index (χ2n) is 14.6. The minimum Gasteiger partial charge on any atom is -0.254 e. The number of rotatable bonds is 4. The zero-order chi connectivity index (χ0) is 31.6. The van der Waals surface area contributed by atoms with Crippen LogP contribution in [0.1, 0.15) is 94.7 Å². The van der Waals surface area contributed by atoms with Crippen molar-refractivity contribution in [3.8, 4) is 21.7 Å². The number of pyridine rings is 1. The van der Waals surface area contributed by atoms with E-state index in [9.17, 15) is 13.2 Å². The molecule has 2 heterocycles. The summed E-state index contributed by atoms with van der Waals surface area (Å²) in [5.41, 5.74) is 7.15. The van der Waals surface area contributed by atoms with Crippen molar-refractivity contribution in [2.75, 3.05) is 0 Å². The molecule has 0 saturated heterocycles. The van der Waals surface area contributed by atoms with E-state index in [-0.39, 0.29) is 22.1 Å². The fourth-order valence-electron chi connectivity index (χ4n) is 6.48. The lowest BCUT2D eigenvalue weighted by molar-refractivity contribution is -0.136. The molecular formula is C38H42F3NS. The quantitative estimate of drug-likeness (QED) is 0.200. The van der Waals surface area contributed by atoms with Crippen LogP contribution < -0.4 is 0 Å². The molecule has 0 amide bonds. The van der Waals surface area contributed by atoms with Crippen LogP contribution in [0.2, 0.25) is 0 Å². The smallest absolute Gasteiger partial charge is 0.254 e. The summed E-state index contributed by atoms with van der Waals surface area (Å²) in [5, 5.41) is 2.50. The highest BCUT2D eigenvalue weighted by Crippen LogP contribution is 2.51. The number of halogens is 3. The van der Waals surface area contributed by atoms with Gasteiger partial charge in [-0.05, 0) is 93.3 Å². The van der Waals surface area contributed by atoms with Gasteiger partial charge in [-0.15, -0.1) is 11.3 Å². The first kappa shape index (κ1) is 31.3. The van der Waals surface area contributed by atoms with E-state index in [0.717, 1.165) is 61.6 Å². The number of aromatic nitrogens is 1. The van der Waals surface area contributed by atoms with Crippen LogP contribution in [0.5, 0.6) is 0 Å². The number of nitrogens with zero attached hydrogens (tertiary/aromatic N) is 1. The van der Waals surface area contributed by atoms with E-state index in [1.165, 1.54) is 16.9 Å². The lowest BCUT2D eigenvalue weighted by Crippen LogP contribution is -2.12. The van der Waals surface area contributed by atoms with Crippen LogP contribution >= 0.6 is 11.3 Å². The summed E-state index contributed by atoms with van der Waals surface area (Å²) in [6.07, 6.45) is -2.53. The standard InChI is InChI=1S/C38H42F3NS/c1-21(2)30-32-29(38(39,40)41)20-42-33(26-17-25-13-11-12-14-27(25)28(18-26)37(8,9)10)35(32)43-34(30)31-22(3)15-24(16-23(31)4)19-36(5,6)7/h11-18,20-21H,19H2,1-10H3. The first-order chi connectivity index (χ1) is 19.9. The van der Waals surface area contributed by atoms with E-state index < -0.39 is 11.7 Å². The van der Waals surface area contributed by atoms with Crippen molar-refractivity contribution in [3.63, 3.8) is 0 Å². The van der Waals surface area contributed by atoms with Crippen LogP contribution in [-0.2, 0) is 18.0 Å². The molecule has 0 aliphatic carbocycles. The van der Waals surface area contributed by atoms with Crippen molar-refractivity contribution in [1.82, 2.24) is 4.98 Å². The predicted octanol–water partition coefficient (Wildman–Crippen LogP) is 12.4. The third-order valence-corrected chi connectivity index (χ3v) is 9.36. The van der Waals surface area contributed by atoms with Crippen LogP contribution in [0, 0.1) is 19.3 Å². The molecule has 5 rings (SSSR count). The van der Waals surface area contributed by atoms with E-state index >= 15 is 0 Å². The molecule has 0 aliphatic rings. The minimum atomic E-state index is -4.52. The Morgan fingerprint density at radius 3 is 2.02 bits per heavy atom. The second-order valence-corrected chi connectivity index (χ2v) is 15.6. The molecule has 0 radical (unpaired) electrons. The maximum absolute atomic E-state index is 14.7. The minimum absolute atomic E-state index is 0.116. The van der Waals surface area contributed by atoms with Crippen LogP contribution in [0.15, 0.2) is 54.7 Å². The lowest BCUT2D eigenvalue weighted by Gasteiger charge is -2.23. The fourth-order valence-corrected chi connectivity index (χ4v) is 8.15. The fraction of sp³-hybridized carbons (Fsp3) is 0.395. The average molecular weight is 602 g/mol. The van der Waals surface area contributed by atoms with Gasteiger partial charge in [0.2, 0.25) is 0 Å². The zero-order valence-electron chi connectivity index (χ0n) is 27.0. The Bertz CT molecular complexity index is 1820. The molecule has 5 heteroatoms. The molecule has 5 aromatic rings. The highest BCUT2D eigenvalue weighted by molar-refractivity contribution is 7.23. The number of thiophene rings is 1. The van der Waals surface area contributed by atoms with Crippen molar-refractivity contribution in [1.29, 1.82) is 0 Å². The number of fused-ring (bicyclic) bond motifs is 2. The summed E-state index contributed by atoms with van der Waals surface area (Å²) in [5.74, 6) is -0.116. The van der Waals surface area contributed by atoms with Gasteiger partial charge in [-0.2, -0.15) is 13.2 Å². The van der Waals surface area contributed by atoms with Crippen molar-refractivity contribution >= 4 is 32.2 Å². The summed E-state index contributed by atoms with van der Waals surface area (Å²) in [4.78, 5) is 5.49. The summed E-state index contributed by atoms with van der Waals surface area (Å²) < 4.78 is 44.6. The van der Waals surface area contributed by atoms with E-state index in [1.54, 1.807) is 0 Å². The van der Waals surface area contributed by atoms with Gasteiger partial charge in [0, 0.05) is 22.0 Å². The predicted molar refractivity (Wildman–Crippen MR) is 178 cm³/mol. The van der Waals surface area contributed by atoms with Crippen LogP contribution in [0.4, 0.5) is 13.2 Å². The third kappa shape index (κ3) is 5.98. The Balaban J connectivity index is 1.88. The molecule has 43 heavy (non-hydrogen) atoms. The van der Waals surface area contributed by atoms with Crippen LogP contribution in [0.3, 0.4) is 0 Å². The molecule has 0 saturated carbocycles. The summed E-state index contributed by atoms with van der Waals surface area (Å²) in [7, 11) is 0. The molecule has 2 aromatic heterocycles. The molecular weight excluding hydrogens is 559 g/mol. The zero-order valence-corrected chi connectivity index (χ0v) is 27.8. The molecule has 0 N–H and O–H groups in total. The van der Waals surface area contributed by atoms with Gasteiger partial charge in [0.05, 0.1) is 16.0 Å². The third-order valence-electron chi connectivity index (χ3n) is 8.13. The van der Waals surface area contributed by atoms with E-state index in [0.29, 0.717) is 10.4 Å². The van der Waals surface area contributed by atoms with Crippen molar-refractivity contribution < 1.29 is 13.2 Å². The Kier molecular flexibility index (Phi) is 7.82. The molecule has 0 aliphatic heterocycles. The van der Waals surface area contributed by atoms with Gasteiger partial charge in [0.25, 0.3) is 0 Å². The molecule has 0 bridgehead atoms. The van der Waals surface area contributed by atoms with E-state index in [1.807, 2.05) is 26.0 Å².